The van der Waals surface area contributed by atoms with Gasteiger partial charge in [0.1, 0.15) is 6.33 Å². The molecular formula is C19H26N4OS. The predicted octanol–water partition coefficient (Wildman–Crippen LogP) is 3.93. The van der Waals surface area contributed by atoms with Gasteiger partial charge < -0.3 is 5.32 Å². The minimum atomic E-state index is 0.0848. The third-order valence-electron chi connectivity index (χ3n) is 4.66. The fourth-order valence-corrected chi connectivity index (χ4v) is 3.91. The van der Waals surface area contributed by atoms with E-state index in [-0.39, 0.29) is 5.91 Å². The second-order valence-corrected chi connectivity index (χ2v) is 7.86. The van der Waals surface area contributed by atoms with Crippen LogP contribution in [0.25, 0.3) is 5.69 Å². The zero-order valence-corrected chi connectivity index (χ0v) is 15.8. The summed E-state index contributed by atoms with van der Waals surface area (Å²) in [6.45, 7) is 4.36. The van der Waals surface area contributed by atoms with Crippen LogP contribution < -0.4 is 5.32 Å². The first-order valence-electron chi connectivity index (χ1n) is 9.06. The SMILES string of the molecule is CC(C)c1ccc(-n2cnnc2SCC(=O)NC2CCCCC2)cc1. The summed E-state index contributed by atoms with van der Waals surface area (Å²) in [6, 6.07) is 8.76. The highest BCUT2D eigenvalue weighted by Gasteiger charge is 2.16. The summed E-state index contributed by atoms with van der Waals surface area (Å²) < 4.78 is 1.93. The maximum absolute atomic E-state index is 12.2. The molecule has 3 rings (SSSR count). The first-order valence-corrected chi connectivity index (χ1v) is 10.0. The number of aromatic nitrogens is 3. The van der Waals surface area contributed by atoms with Gasteiger partial charge in [-0.1, -0.05) is 57.0 Å². The van der Waals surface area contributed by atoms with E-state index < -0.39 is 0 Å². The largest absolute Gasteiger partial charge is 0.353 e. The topological polar surface area (TPSA) is 59.8 Å². The van der Waals surface area contributed by atoms with Crippen molar-refractivity contribution in [3.05, 3.63) is 36.2 Å². The van der Waals surface area contributed by atoms with Gasteiger partial charge in [0.25, 0.3) is 0 Å². The molecule has 0 unspecified atom stereocenters. The Morgan fingerprint density at radius 1 is 1.24 bits per heavy atom. The Kier molecular flexibility index (Phi) is 6.13. The van der Waals surface area contributed by atoms with Crippen LogP contribution in [0.2, 0.25) is 0 Å². The summed E-state index contributed by atoms with van der Waals surface area (Å²) in [4.78, 5) is 12.2. The smallest absolute Gasteiger partial charge is 0.230 e. The molecule has 1 fully saturated rings. The summed E-state index contributed by atoms with van der Waals surface area (Å²) in [5, 5.41) is 12.1. The highest BCUT2D eigenvalue weighted by atomic mass is 32.2. The molecule has 1 saturated carbocycles. The maximum Gasteiger partial charge on any atom is 0.230 e. The standard InChI is InChI=1S/C19H26N4OS/c1-14(2)15-8-10-17(11-9-15)23-13-20-22-19(23)25-12-18(24)21-16-6-4-3-5-7-16/h8-11,13-14,16H,3-7,12H2,1-2H3,(H,21,24). The molecule has 134 valence electrons. The molecule has 5 nitrogen and oxygen atoms in total. The fraction of sp³-hybridized carbons (Fsp3) is 0.526. The molecule has 1 aromatic carbocycles. The molecule has 1 aliphatic carbocycles. The van der Waals surface area contributed by atoms with Gasteiger partial charge in [0.2, 0.25) is 5.91 Å². The summed E-state index contributed by atoms with van der Waals surface area (Å²) in [5.41, 5.74) is 2.32. The Bertz CT molecular complexity index is 690. The average molecular weight is 359 g/mol. The van der Waals surface area contributed by atoms with Crippen LogP contribution in [-0.2, 0) is 4.79 Å². The van der Waals surface area contributed by atoms with E-state index in [1.54, 1.807) is 6.33 Å². The number of hydrogen-bond donors (Lipinski definition) is 1. The van der Waals surface area contributed by atoms with Crippen molar-refractivity contribution in [2.45, 2.75) is 63.1 Å². The minimum Gasteiger partial charge on any atom is -0.353 e. The molecular weight excluding hydrogens is 332 g/mol. The number of nitrogens with one attached hydrogen (secondary N) is 1. The summed E-state index contributed by atoms with van der Waals surface area (Å²) in [5.74, 6) is 0.966. The first kappa shape index (κ1) is 18.0. The van der Waals surface area contributed by atoms with Crippen LogP contribution in [0.3, 0.4) is 0 Å². The van der Waals surface area contributed by atoms with E-state index in [2.05, 4.69) is 53.6 Å². The Hall–Kier alpha value is -1.82. The highest BCUT2D eigenvalue weighted by Crippen LogP contribution is 2.22. The van der Waals surface area contributed by atoms with Gasteiger partial charge in [0, 0.05) is 11.7 Å². The molecule has 1 amide bonds. The van der Waals surface area contributed by atoms with E-state index in [1.807, 2.05) is 4.57 Å². The molecule has 6 heteroatoms. The number of rotatable bonds is 6. The molecule has 0 aliphatic heterocycles. The maximum atomic E-state index is 12.2. The summed E-state index contributed by atoms with van der Waals surface area (Å²) >= 11 is 1.43. The number of thioether (sulfide) groups is 1. The number of amides is 1. The van der Waals surface area contributed by atoms with Crippen LogP contribution in [-0.4, -0.2) is 32.5 Å². The summed E-state index contributed by atoms with van der Waals surface area (Å²) in [7, 11) is 0. The number of benzene rings is 1. The van der Waals surface area contributed by atoms with Gasteiger partial charge >= 0.3 is 0 Å². The van der Waals surface area contributed by atoms with Crippen LogP contribution in [0.15, 0.2) is 35.7 Å². The molecule has 0 spiro atoms. The number of nitrogens with zero attached hydrogens (tertiary/aromatic N) is 3. The van der Waals surface area contributed by atoms with Crippen molar-refractivity contribution in [1.29, 1.82) is 0 Å². The van der Waals surface area contributed by atoms with Crippen molar-refractivity contribution in [3.8, 4) is 5.69 Å². The van der Waals surface area contributed by atoms with Crippen LogP contribution >= 0.6 is 11.8 Å². The van der Waals surface area contributed by atoms with Gasteiger partial charge in [-0.15, -0.1) is 10.2 Å². The van der Waals surface area contributed by atoms with Crippen molar-refractivity contribution >= 4 is 17.7 Å². The molecule has 1 aromatic heterocycles. The zero-order chi connectivity index (χ0) is 17.6. The zero-order valence-electron chi connectivity index (χ0n) is 14.9. The fourth-order valence-electron chi connectivity index (χ4n) is 3.17. The predicted molar refractivity (Wildman–Crippen MR) is 101 cm³/mol. The van der Waals surface area contributed by atoms with Gasteiger partial charge in [-0.3, -0.25) is 9.36 Å². The molecule has 0 atom stereocenters. The molecule has 1 N–H and O–H groups in total. The third kappa shape index (κ3) is 4.84. The van der Waals surface area contributed by atoms with Gasteiger partial charge in [0.15, 0.2) is 5.16 Å². The molecule has 0 saturated heterocycles. The van der Waals surface area contributed by atoms with E-state index in [0.717, 1.165) is 23.7 Å². The minimum absolute atomic E-state index is 0.0848. The lowest BCUT2D eigenvalue weighted by atomic mass is 9.95. The Labute approximate surface area is 153 Å². The quantitative estimate of drug-likeness (QED) is 0.795. The van der Waals surface area contributed by atoms with Crippen molar-refractivity contribution in [1.82, 2.24) is 20.1 Å². The van der Waals surface area contributed by atoms with Gasteiger partial charge in [-0.2, -0.15) is 0 Å². The molecule has 1 aliphatic rings. The first-order chi connectivity index (χ1) is 12.1. The Morgan fingerprint density at radius 2 is 1.96 bits per heavy atom. The van der Waals surface area contributed by atoms with Crippen molar-refractivity contribution in [3.63, 3.8) is 0 Å². The second kappa shape index (κ2) is 8.52. The molecule has 1 heterocycles. The lowest BCUT2D eigenvalue weighted by molar-refractivity contribution is -0.119. The Balaban J connectivity index is 1.58. The van der Waals surface area contributed by atoms with Gasteiger partial charge in [-0.25, -0.2) is 0 Å². The monoisotopic (exact) mass is 358 g/mol. The third-order valence-corrected chi connectivity index (χ3v) is 5.60. The van der Waals surface area contributed by atoms with E-state index in [0.29, 0.717) is 17.7 Å². The van der Waals surface area contributed by atoms with E-state index in [1.165, 1.54) is 36.6 Å². The van der Waals surface area contributed by atoms with Crippen LogP contribution in [0.5, 0.6) is 0 Å². The lowest BCUT2D eigenvalue weighted by Crippen LogP contribution is -2.37. The van der Waals surface area contributed by atoms with Crippen molar-refractivity contribution in [2.24, 2.45) is 0 Å². The van der Waals surface area contributed by atoms with Gasteiger partial charge in [-0.05, 0) is 36.5 Å². The van der Waals surface area contributed by atoms with Crippen LogP contribution in [0.1, 0.15) is 57.4 Å². The average Bonchev–Trinajstić information content (AvgIpc) is 3.09. The lowest BCUT2D eigenvalue weighted by Gasteiger charge is -2.22. The van der Waals surface area contributed by atoms with Gasteiger partial charge in [0.05, 0.1) is 5.75 Å². The van der Waals surface area contributed by atoms with Crippen LogP contribution in [0, 0.1) is 0 Å². The van der Waals surface area contributed by atoms with Crippen LogP contribution in [0.4, 0.5) is 0 Å². The number of hydrogen-bond acceptors (Lipinski definition) is 4. The molecule has 2 aromatic rings. The van der Waals surface area contributed by atoms with Crippen molar-refractivity contribution < 1.29 is 4.79 Å². The van der Waals surface area contributed by atoms with E-state index >= 15 is 0 Å². The number of carbonyl (C=O) groups excluding carboxylic acids is 1. The molecule has 25 heavy (non-hydrogen) atoms. The molecule has 0 radical (unpaired) electrons. The van der Waals surface area contributed by atoms with E-state index in [9.17, 15) is 4.79 Å². The molecule has 0 bridgehead atoms. The van der Waals surface area contributed by atoms with Crippen molar-refractivity contribution in [2.75, 3.05) is 5.75 Å². The summed E-state index contributed by atoms with van der Waals surface area (Å²) in [6.07, 6.45) is 7.65. The van der Waals surface area contributed by atoms with E-state index in [4.69, 9.17) is 0 Å². The normalized spacial score (nSPS) is 15.5. The highest BCUT2D eigenvalue weighted by molar-refractivity contribution is 7.99. The Morgan fingerprint density at radius 3 is 2.64 bits per heavy atom. The number of carbonyl (C=O) groups is 1. The second-order valence-electron chi connectivity index (χ2n) is 6.92.